The average Bonchev–Trinajstić information content (AvgIpc) is 3.41. The summed E-state index contributed by atoms with van der Waals surface area (Å²) in [6.07, 6.45) is 1.78. The Balaban J connectivity index is 1.48. The number of rotatable bonds is 10. The number of fused-ring (bicyclic) bond motifs is 1. The fourth-order valence-corrected chi connectivity index (χ4v) is 6.42. The van der Waals surface area contributed by atoms with Crippen molar-refractivity contribution in [1.29, 1.82) is 0 Å². The molecule has 10 heteroatoms. The number of methoxy groups -OCH3 is 2. The lowest BCUT2D eigenvalue weighted by molar-refractivity contribution is -0.138. The molecule has 5 aromatic rings. The molecule has 2 heterocycles. The predicted octanol–water partition coefficient (Wildman–Crippen LogP) is 5.67. The van der Waals surface area contributed by atoms with Crippen LogP contribution in [0.15, 0.2) is 112 Å². The predicted molar refractivity (Wildman–Crippen MR) is 178 cm³/mol. The summed E-state index contributed by atoms with van der Waals surface area (Å²) in [7, 11) is 3.05. The summed E-state index contributed by atoms with van der Waals surface area (Å²) in [5.74, 6) is 0.586. The van der Waals surface area contributed by atoms with Crippen LogP contribution < -0.4 is 29.1 Å². The minimum atomic E-state index is -0.921. The Bertz CT molecular complexity index is 2120. The highest BCUT2D eigenvalue weighted by Crippen LogP contribution is 2.42. The van der Waals surface area contributed by atoms with Crippen LogP contribution >= 0.6 is 11.3 Å². The molecule has 1 aromatic heterocycles. The van der Waals surface area contributed by atoms with Gasteiger partial charge in [-0.05, 0) is 54.5 Å². The van der Waals surface area contributed by atoms with Gasteiger partial charge < -0.3 is 18.9 Å². The number of para-hydroxylation sites is 1. The highest BCUT2D eigenvalue weighted by molar-refractivity contribution is 7.07. The van der Waals surface area contributed by atoms with Gasteiger partial charge >= 0.3 is 5.97 Å². The van der Waals surface area contributed by atoms with Gasteiger partial charge in [0, 0.05) is 11.1 Å². The van der Waals surface area contributed by atoms with E-state index in [9.17, 15) is 14.0 Å². The number of ether oxygens (including phenoxy) is 4. The van der Waals surface area contributed by atoms with Gasteiger partial charge in [-0.1, -0.05) is 78.1 Å². The molecule has 238 valence electrons. The lowest BCUT2D eigenvalue weighted by atomic mass is 9.92. The molecule has 0 fully saturated rings. The smallest absolute Gasteiger partial charge is 0.338 e. The molecule has 6 rings (SSSR count). The van der Waals surface area contributed by atoms with Crippen LogP contribution in [-0.4, -0.2) is 31.4 Å². The van der Waals surface area contributed by atoms with Gasteiger partial charge in [0.25, 0.3) is 5.56 Å². The van der Waals surface area contributed by atoms with Crippen molar-refractivity contribution in [3.63, 3.8) is 0 Å². The number of thiazole rings is 1. The van der Waals surface area contributed by atoms with E-state index in [1.54, 1.807) is 43.3 Å². The van der Waals surface area contributed by atoms with Crippen LogP contribution in [0.1, 0.15) is 35.2 Å². The maximum absolute atomic E-state index is 14.3. The van der Waals surface area contributed by atoms with E-state index >= 15 is 0 Å². The lowest BCUT2D eigenvalue weighted by Gasteiger charge is -2.27. The van der Waals surface area contributed by atoms with Crippen molar-refractivity contribution in [1.82, 2.24) is 4.57 Å². The second kappa shape index (κ2) is 13.9. The number of esters is 1. The van der Waals surface area contributed by atoms with Gasteiger partial charge in [-0.3, -0.25) is 9.36 Å². The Labute approximate surface area is 274 Å². The molecule has 0 N–H and O–H groups in total. The zero-order valence-electron chi connectivity index (χ0n) is 25.9. The Hall–Kier alpha value is -5.48. The van der Waals surface area contributed by atoms with Crippen LogP contribution in [-0.2, 0) is 16.1 Å². The Kier molecular flexibility index (Phi) is 9.30. The minimum absolute atomic E-state index is 0.139. The molecule has 0 saturated heterocycles. The molecule has 0 spiro atoms. The summed E-state index contributed by atoms with van der Waals surface area (Å²) in [5, 5.41) is 0. The van der Waals surface area contributed by atoms with Crippen LogP contribution in [0, 0.1) is 5.82 Å². The first-order valence-electron chi connectivity index (χ1n) is 14.9. The van der Waals surface area contributed by atoms with Gasteiger partial charge in [-0.2, -0.15) is 0 Å². The van der Waals surface area contributed by atoms with Gasteiger partial charge in [-0.15, -0.1) is 0 Å². The fourth-order valence-electron chi connectivity index (χ4n) is 5.42. The van der Waals surface area contributed by atoms with Gasteiger partial charge in [0.05, 0.1) is 36.6 Å². The molecule has 0 saturated carbocycles. The summed E-state index contributed by atoms with van der Waals surface area (Å²) in [4.78, 5) is 33.3. The Morgan fingerprint density at radius 3 is 2.36 bits per heavy atom. The van der Waals surface area contributed by atoms with Crippen molar-refractivity contribution in [2.45, 2.75) is 19.6 Å². The first-order valence-corrected chi connectivity index (χ1v) is 15.7. The van der Waals surface area contributed by atoms with E-state index in [2.05, 4.69) is 0 Å². The molecule has 0 bridgehead atoms. The van der Waals surface area contributed by atoms with Crippen molar-refractivity contribution in [2.24, 2.45) is 4.99 Å². The quantitative estimate of drug-likeness (QED) is 0.181. The summed E-state index contributed by atoms with van der Waals surface area (Å²) in [6, 6.07) is 27.2. The second-order valence-electron chi connectivity index (χ2n) is 10.5. The summed E-state index contributed by atoms with van der Waals surface area (Å²) >= 11 is 1.23. The molecular weight excluding hydrogens is 619 g/mol. The van der Waals surface area contributed by atoms with Gasteiger partial charge in [0.15, 0.2) is 16.3 Å². The normalized spacial score (nSPS) is 14.3. The second-order valence-corrected chi connectivity index (χ2v) is 11.5. The van der Waals surface area contributed by atoms with Crippen LogP contribution in [0.4, 0.5) is 4.39 Å². The lowest BCUT2D eigenvalue weighted by Crippen LogP contribution is -2.40. The maximum atomic E-state index is 14.3. The number of halogens is 1. The molecule has 0 radical (unpaired) electrons. The third-order valence-electron chi connectivity index (χ3n) is 7.60. The van der Waals surface area contributed by atoms with E-state index in [-0.39, 0.29) is 23.6 Å². The number of nitrogens with zero attached hydrogens (tertiary/aromatic N) is 2. The summed E-state index contributed by atoms with van der Waals surface area (Å²) in [6.45, 7) is 2.16. The molecule has 0 amide bonds. The number of hydrogen-bond acceptors (Lipinski definition) is 8. The van der Waals surface area contributed by atoms with Crippen molar-refractivity contribution in [3.05, 3.63) is 150 Å². The van der Waals surface area contributed by atoms with Crippen LogP contribution in [0.25, 0.3) is 11.8 Å². The number of carbonyl (C=O) groups excluding carboxylic acids is 1. The Morgan fingerprint density at radius 1 is 0.936 bits per heavy atom. The van der Waals surface area contributed by atoms with Crippen molar-refractivity contribution in [2.75, 3.05) is 20.8 Å². The fraction of sp³-hybridized carbons (Fsp3) is 0.162. The first kappa shape index (κ1) is 31.5. The maximum Gasteiger partial charge on any atom is 0.338 e. The molecule has 8 nitrogen and oxygen atoms in total. The SMILES string of the molecule is CCOC(=O)C1=C(c2ccccc2)N=c2sc(=Cc3ccc(OCc4ccc(F)cc4)cc3)c(=O)n2C1c1cccc(OC)c1OC. The standard InChI is InChI=1S/C37H31FN2O6S/c1-4-45-36(42)31-32(25-9-6-5-7-10-25)39-37-40(33(31)28-11-8-12-29(43-2)34(28)44-3)35(41)30(47-37)21-23-15-19-27(20-16-23)46-22-24-13-17-26(38)18-14-24/h5-21,33H,4,22H2,1-3H3. The largest absolute Gasteiger partial charge is 0.493 e. The van der Waals surface area contributed by atoms with Crippen molar-refractivity contribution in [3.8, 4) is 17.2 Å². The molecule has 1 unspecified atom stereocenters. The molecule has 0 aliphatic carbocycles. The number of benzene rings is 4. The van der Waals surface area contributed by atoms with Gasteiger partial charge in [-0.25, -0.2) is 14.2 Å². The zero-order chi connectivity index (χ0) is 32.9. The number of carbonyl (C=O) groups is 1. The van der Waals surface area contributed by atoms with E-state index < -0.39 is 12.0 Å². The molecular formula is C37H31FN2O6S. The van der Waals surface area contributed by atoms with E-state index in [4.69, 9.17) is 23.9 Å². The van der Waals surface area contributed by atoms with Crippen molar-refractivity contribution >= 4 is 29.1 Å². The number of hydrogen-bond donors (Lipinski definition) is 0. The highest BCUT2D eigenvalue weighted by atomic mass is 32.1. The third kappa shape index (κ3) is 6.45. The summed E-state index contributed by atoms with van der Waals surface area (Å²) in [5.41, 5.74) is 3.17. The highest BCUT2D eigenvalue weighted by Gasteiger charge is 2.37. The van der Waals surface area contributed by atoms with Gasteiger partial charge in [0.2, 0.25) is 0 Å². The Morgan fingerprint density at radius 2 is 1.68 bits per heavy atom. The van der Waals surface area contributed by atoms with Crippen LogP contribution in [0.2, 0.25) is 0 Å². The van der Waals surface area contributed by atoms with Gasteiger partial charge in [0.1, 0.15) is 24.2 Å². The molecule has 1 aliphatic rings. The van der Waals surface area contributed by atoms with E-state index in [0.717, 1.165) is 11.1 Å². The zero-order valence-corrected chi connectivity index (χ0v) is 26.8. The van der Waals surface area contributed by atoms with Crippen LogP contribution in [0.5, 0.6) is 17.2 Å². The van der Waals surface area contributed by atoms with E-state index in [0.29, 0.717) is 50.0 Å². The monoisotopic (exact) mass is 650 g/mol. The molecule has 1 aliphatic heterocycles. The molecule has 1 atom stereocenters. The molecule has 47 heavy (non-hydrogen) atoms. The topological polar surface area (TPSA) is 88.4 Å². The first-order chi connectivity index (χ1) is 22.9. The van der Waals surface area contributed by atoms with E-state index in [1.165, 1.54) is 42.3 Å². The minimum Gasteiger partial charge on any atom is -0.493 e. The molecule has 4 aromatic carbocycles. The van der Waals surface area contributed by atoms with Crippen molar-refractivity contribution < 1.29 is 28.1 Å². The van der Waals surface area contributed by atoms with E-state index in [1.807, 2.05) is 54.6 Å². The third-order valence-corrected chi connectivity index (χ3v) is 8.58. The average molecular weight is 651 g/mol. The number of aromatic nitrogens is 1. The summed E-state index contributed by atoms with van der Waals surface area (Å²) < 4.78 is 38.0. The van der Waals surface area contributed by atoms with Crippen LogP contribution in [0.3, 0.4) is 0 Å².